The van der Waals surface area contributed by atoms with E-state index in [1.54, 1.807) is 19.2 Å². The Balaban J connectivity index is 0.00000400. The van der Waals surface area contributed by atoms with Crippen molar-refractivity contribution in [1.29, 1.82) is 0 Å². The molecule has 0 spiro atoms. The van der Waals surface area contributed by atoms with Gasteiger partial charge in [0.2, 0.25) is 0 Å². The fourth-order valence-corrected chi connectivity index (χ4v) is 5.43. The lowest BCUT2D eigenvalue weighted by molar-refractivity contribution is -0.138. The predicted molar refractivity (Wildman–Crippen MR) is 136 cm³/mol. The number of anilines is 2. The third-order valence-corrected chi connectivity index (χ3v) is 7.50. The second kappa shape index (κ2) is 10.7. The topological polar surface area (TPSA) is 63.1 Å². The Bertz CT molecular complexity index is 1580. The van der Waals surface area contributed by atoms with Crippen LogP contribution in [0.3, 0.4) is 0 Å². The van der Waals surface area contributed by atoms with Gasteiger partial charge in [-0.05, 0) is 61.1 Å². The summed E-state index contributed by atoms with van der Waals surface area (Å²) in [6.07, 6.45) is -8.01. The van der Waals surface area contributed by atoms with Crippen LogP contribution in [0.15, 0.2) is 71.8 Å². The van der Waals surface area contributed by atoms with Crippen LogP contribution >= 0.6 is 24.0 Å². The van der Waals surface area contributed by atoms with E-state index in [1.807, 2.05) is 0 Å². The summed E-state index contributed by atoms with van der Waals surface area (Å²) >= 11 is 6.02. The number of rotatable bonds is 6. The maximum absolute atomic E-state index is 13.4. The summed E-state index contributed by atoms with van der Waals surface area (Å²) in [4.78, 5) is -0.556. The Morgan fingerprint density at radius 2 is 1.55 bits per heavy atom. The van der Waals surface area contributed by atoms with Gasteiger partial charge in [0.25, 0.3) is 10.0 Å². The second-order valence-corrected chi connectivity index (χ2v) is 10.3. The average Bonchev–Trinajstić information content (AvgIpc) is 3.18. The van der Waals surface area contributed by atoms with Crippen LogP contribution < -0.4 is 10.6 Å². The smallest absolute Gasteiger partial charge is 0.354 e. The summed E-state index contributed by atoms with van der Waals surface area (Å²) in [6.45, 7) is 0.263. The molecule has 0 aliphatic carbocycles. The number of hydrogen-bond donors (Lipinski definition) is 2. The SMILES string of the molecule is CNCc1cn(S(=O)(=O)c2cccc(C(F)(F)F)c2)c2cc(Nc3ccc(C(F)(F)F)cc3Cl)ccc12.Cl. The molecule has 38 heavy (non-hydrogen) atoms. The first kappa shape index (κ1) is 29.6. The summed E-state index contributed by atoms with van der Waals surface area (Å²) in [5.41, 5.74) is -0.897. The highest BCUT2D eigenvalue weighted by atomic mass is 35.5. The highest BCUT2D eigenvalue weighted by Gasteiger charge is 2.33. The van der Waals surface area contributed by atoms with Crippen molar-refractivity contribution in [3.8, 4) is 0 Å². The van der Waals surface area contributed by atoms with Gasteiger partial charge >= 0.3 is 12.4 Å². The average molecular weight is 598 g/mol. The van der Waals surface area contributed by atoms with Crippen molar-refractivity contribution in [2.75, 3.05) is 12.4 Å². The van der Waals surface area contributed by atoms with Crippen molar-refractivity contribution in [2.24, 2.45) is 0 Å². The van der Waals surface area contributed by atoms with Crippen molar-refractivity contribution >= 4 is 56.3 Å². The van der Waals surface area contributed by atoms with Crippen molar-refractivity contribution in [3.05, 3.63) is 88.6 Å². The Hall–Kier alpha value is -2.93. The molecule has 0 aliphatic rings. The number of benzene rings is 3. The molecule has 0 aliphatic heterocycles. The minimum Gasteiger partial charge on any atom is -0.354 e. The van der Waals surface area contributed by atoms with Gasteiger partial charge in [0, 0.05) is 23.8 Å². The molecule has 5 nitrogen and oxygen atoms in total. The monoisotopic (exact) mass is 597 g/mol. The summed E-state index contributed by atoms with van der Waals surface area (Å²) in [5, 5.41) is 6.06. The van der Waals surface area contributed by atoms with Gasteiger partial charge in [-0.3, -0.25) is 0 Å². The quantitative estimate of drug-likeness (QED) is 0.227. The van der Waals surface area contributed by atoms with Gasteiger partial charge in [0.1, 0.15) is 0 Å². The zero-order valence-electron chi connectivity index (χ0n) is 19.3. The molecular formula is C24H19Cl2F6N3O2S. The maximum Gasteiger partial charge on any atom is 0.416 e. The molecule has 4 aromatic rings. The number of aromatic nitrogens is 1. The minimum atomic E-state index is -4.74. The first-order chi connectivity index (χ1) is 17.2. The molecule has 0 saturated carbocycles. The molecular weight excluding hydrogens is 579 g/mol. The van der Waals surface area contributed by atoms with E-state index in [1.165, 1.54) is 12.3 Å². The van der Waals surface area contributed by atoms with Crippen LogP contribution in [0.2, 0.25) is 5.02 Å². The summed E-state index contributed by atoms with van der Waals surface area (Å²) in [5.74, 6) is 0. The number of hydrogen-bond acceptors (Lipinski definition) is 4. The molecule has 0 atom stereocenters. The van der Waals surface area contributed by atoms with Crippen LogP contribution in [-0.2, 0) is 28.9 Å². The van der Waals surface area contributed by atoms with E-state index in [9.17, 15) is 34.8 Å². The van der Waals surface area contributed by atoms with Crippen molar-refractivity contribution in [2.45, 2.75) is 23.8 Å². The Labute approximate surface area is 224 Å². The van der Waals surface area contributed by atoms with E-state index in [-0.39, 0.29) is 35.2 Å². The van der Waals surface area contributed by atoms with Gasteiger partial charge in [-0.1, -0.05) is 23.7 Å². The van der Waals surface area contributed by atoms with Crippen LogP contribution in [0.5, 0.6) is 0 Å². The van der Waals surface area contributed by atoms with E-state index in [4.69, 9.17) is 11.6 Å². The zero-order valence-corrected chi connectivity index (χ0v) is 21.7. The third kappa shape index (κ3) is 5.88. The second-order valence-electron chi connectivity index (χ2n) is 8.06. The van der Waals surface area contributed by atoms with Crippen molar-refractivity contribution in [1.82, 2.24) is 9.29 Å². The first-order valence-corrected chi connectivity index (χ1v) is 12.4. The number of halogens is 8. The van der Waals surface area contributed by atoms with Crippen LogP contribution in [0, 0.1) is 0 Å². The maximum atomic E-state index is 13.4. The highest BCUT2D eigenvalue weighted by molar-refractivity contribution is 7.90. The van der Waals surface area contributed by atoms with Crippen LogP contribution in [0.25, 0.3) is 10.9 Å². The third-order valence-electron chi connectivity index (χ3n) is 5.52. The predicted octanol–water partition coefficient (Wildman–Crippen LogP) is 7.45. The first-order valence-electron chi connectivity index (χ1n) is 10.6. The Kier molecular flexibility index (Phi) is 8.32. The summed E-state index contributed by atoms with van der Waals surface area (Å²) < 4.78 is 106. The van der Waals surface area contributed by atoms with E-state index in [0.29, 0.717) is 22.7 Å². The molecule has 0 bridgehead atoms. The zero-order chi connectivity index (χ0) is 27.2. The molecule has 0 fully saturated rings. The Morgan fingerprint density at radius 1 is 0.895 bits per heavy atom. The van der Waals surface area contributed by atoms with Gasteiger partial charge in [-0.25, -0.2) is 12.4 Å². The normalized spacial score (nSPS) is 12.4. The van der Waals surface area contributed by atoms with E-state index in [2.05, 4.69) is 10.6 Å². The lowest BCUT2D eigenvalue weighted by Crippen LogP contribution is -2.14. The molecule has 1 heterocycles. The number of nitrogens with one attached hydrogen (secondary N) is 2. The van der Waals surface area contributed by atoms with Gasteiger partial charge in [-0.2, -0.15) is 26.3 Å². The molecule has 1 aromatic heterocycles. The number of nitrogens with zero attached hydrogens (tertiary/aromatic N) is 1. The summed E-state index contributed by atoms with van der Waals surface area (Å²) in [6, 6.07) is 10.8. The summed E-state index contributed by atoms with van der Waals surface area (Å²) in [7, 11) is -2.81. The number of fused-ring (bicyclic) bond motifs is 1. The molecule has 0 saturated heterocycles. The van der Waals surface area contributed by atoms with Crippen molar-refractivity contribution in [3.63, 3.8) is 0 Å². The number of alkyl halides is 6. The van der Waals surface area contributed by atoms with Crippen LogP contribution in [-0.4, -0.2) is 19.4 Å². The largest absolute Gasteiger partial charge is 0.416 e. The molecule has 2 N–H and O–H groups in total. The molecule has 4 rings (SSSR count). The van der Waals surface area contributed by atoms with Gasteiger partial charge in [0.15, 0.2) is 0 Å². The molecule has 0 radical (unpaired) electrons. The highest BCUT2D eigenvalue weighted by Crippen LogP contribution is 2.36. The van der Waals surface area contributed by atoms with E-state index < -0.39 is 38.4 Å². The van der Waals surface area contributed by atoms with Gasteiger partial charge in [0.05, 0.1) is 32.2 Å². The van der Waals surface area contributed by atoms with E-state index >= 15 is 0 Å². The fraction of sp³-hybridized carbons (Fsp3) is 0.167. The standard InChI is InChI=1S/C24H18ClF6N3O2S.ClH/c1-32-12-14-13-34(37(35,36)18-4-2-3-15(9-18)23(26,27)28)22-11-17(6-7-19(14)22)33-21-8-5-16(10-20(21)25)24(29,30)31;/h2-11,13,32-33H,12H2,1H3;1H. The lowest BCUT2D eigenvalue weighted by atomic mass is 10.1. The molecule has 0 unspecified atom stereocenters. The van der Waals surface area contributed by atoms with Gasteiger partial charge < -0.3 is 10.6 Å². The Morgan fingerprint density at radius 3 is 2.16 bits per heavy atom. The fourth-order valence-electron chi connectivity index (χ4n) is 3.77. The van der Waals surface area contributed by atoms with Crippen LogP contribution in [0.1, 0.15) is 16.7 Å². The minimum absolute atomic E-state index is 0. The molecule has 204 valence electrons. The van der Waals surface area contributed by atoms with Crippen LogP contribution in [0.4, 0.5) is 37.7 Å². The lowest BCUT2D eigenvalue weighted by Gasteiger charge is -2.13. The van der Waals surface area contributed by atoms with Crippen molar-refractivity contribution < 1.29 is 34.8 Å². The molecule has 14 heteroatoms. The molecule has 0 amide bonds. The molecule has 3 aromatic carbocycles. The van der Waals surface area contributed by atoms with E-state index in [0.717, 1.165) is 40.4 Å². The van der Waals surface area contributed by atoms with Gasteiger partial charge in [-0.15, -0.1) is 12.4 Å².